The van der Waals surface area contributed by atoms with Crippen molar-refractivity contribution in [3.8, 4) is 0 Å². The lowest BCUT2D eigenvalue weighted by Crippen LogP contribution is -2.23. The zero-order chi connectivity index (χ0) is 20.6. The smallest absolute Gasteiger partial charge is 0.355 e. The number of aliphatic hydroxyl groups is 1. The Balaban J connectivity index is 1.80. The number of carboxylic acids is 1. The van der Waals surface area contributed by atoms with Crippen molar-refractivity contribution in [2.24, 2.45) is 11.8 Å². The Morgan fingerprint density at radius 1 is 1.54 bits per heavy atom. The van der Waals surface area contributed by atoms with Gasteiger partial charge in [0.1, 0.15) is 5.78 Å². The molecule has 0 spiro atoms. The molecule has 1 aliphatic carbocycles. The van der Waals surface area contributed by atoms with E-state index in [1.54, 1.807) is 7.11 Å². The van der Waals surface area contributed by atoms with Gasteiger partial charge in [0.15, 0.2) is 10.0 Å². The molecule has 28 heavy (non-hydrogen) atoms. The number of nitrogens with zero attached hydrogens (tertiary/aromatic N) is 1. The number of carboxylic acid groups (broad SMARTS) is 1. The predicted octanol–water partition coefficient (Wildman–Crippen LogP) is 4.04. The number of hydrogen-bond donors (Lipinski definition) is 2. The number of rotatable bonds is 12. The maximum absolute atomic E-state index is 12.3. The number of carbonyl (C=O) groups excluding carboxylic acids is 1. The van der Waals surface area contributed by atoms with Crippen LogP contribution in [0.1, 0.15) is 55.9 Å². The minimum atomic E-state index is -1.02. The number of aromatic carboxylic acids is 1. The van der Waals surface area contributed by atoms with E-state index < -0.39 is 11.6 Å². The SMILES string of the molecule is COCCCC(C)(O)C/C=C/[C@H]1CCC(=O)[C@@H]1CCSc1nc(C(=O)O)cs1. The Morgan fingerprint density at radius 2 is 2.32 bits per heavy atom. The van der Waals surface area contributed by atoms with Crippen molar-refractivity contribution >= 4 is 34.9 Å². The first-order valence-corrected chi connectivity index (χ1v) is 11.4. The van der Waals surface area contributed by atoms with E-state index in [-0.39, 0.29) is 17.5 Å². The summed E-state index contributed by atoms with van der Waals surface area (Å²) in [4.78, 5) is 27.2. The van der Waals surface area contributed by atoms with Crippen LogP contribution in [-0.4, -0.2) is 52.0 Å². The largest absolute Gasteiger partial charge is 0.476 e. The van der Waals surface area contributed by atoms with Gasteiger partial charge in [0.25, 0.3) is 0 Å². The fourth-order valence-electron chi connectivity index (χ4n) is 3.43. The van der Waals surface area contributed by atoms with Gasteiger partial charge >= 0.3 is 5.97 Å². The molecular weight excluding hydrogens is 398 g/mol. The first-order valence-electron chi connectivity index (χ1n) is 9.54. The number of thiazole rings is 1. The van der Waals surface area contributed by atoms with Crippen LogP contribution in [0.4, 0.5) is 0 Å². The number of allylic oxidation sites excluding steroid dienone is 1. The third kappa shape index (κ3) is 7.31. The number of ketones is 1. The van der Waals surface area contributed by atoms with E-state index >= 15 is 0 Å². The van der Waals surface area contributed by atoms with E-state index in [4.69, 9.17) is 9.84 Å². The molecule has 0 amide bonds. The maximum Gasteiger partial charge on any atom is 0.355 e. The van der Waals surface area contributed by atoms with Crippen LogP contribution < -0.4 is 0 Å². The molecule has 156 valence electrons. The maximum atomic E-state index is 12.3. The first-order chi connectivity index (χ1) is 13.3. The third-order valence-electron chi connectivity index (χ3n) is 5.02. The average Bonchev–Trinajstić information content (AvgIpc) is 3.23. The van der Waals surface area contributed by atoms with Crippen molar-refractivity contribution in [3.05, 3.63) is 23.2 Å². The van der Waals surface area contributed by atoms with Crippen LogP contribution in [0.2, 0.25) is 0 Å². The number of hydrogen-bond acceptors (Lipinski definition) is 7. The molecular formula is C20H29NO5S2. The van der Waals surface area contributed by atoms with E-state index in [9.17, 15) is 14.7 Å². The summed E-state index contributed by atoms with van der Waals surface area (Å²) in [6.45, 7) is 2.48. The van der Waals surface area contributed by atoms with E-state index in [0.717, 1.165) is 29.4 Å². The Bertz CT molecular complexity index is 686. The van der Waals surface area contributed by atoms with E-state index in [2.05, 4.69) is 11.1 Å². The quantitative estimate of drug-likeness (QED) is 0.295. The highest BCUT2D eigenvalue weighted by molar-refractivity contribution is 8.01. The Kier molecular flexibility index (Phi) is 9.14. The van der Waals surface area contributed by atoms with E-state index in [1.165, 1.54) is 28.5 Å². The van der Waals surface area contributed by atoms with Gasteiger partial charge in [0.2, 0.25) is 0 Å². The summed E-state index contributed by atoms with van der Waals surface area (Å²) in [5.41, 5.74) is -0.682. The summed E-state index contributed by atoms with van der Waals surface area (Å²) in [6.07, 6.45) is 8.39. The van der Waals surface area contributed by atoms with Gasteiger partial charge in [-0.2, -0.15) is 0 Å². The zero-order valence-corrected chi connectivity index (χ0v) is 18.1. The topological polar surface area (TPSA) is 96.7 Å². The standard InChI is InChI=1S/C20H29NO5S2/c1-20(25,10-4-11-26-2)9-3-5-14-6-7-17(22)15(14)8-12-27-19-21-16(13-28-19)18(23)24/h3,5,13-15,25H,4,6-12H2,1-2H3,(H,23,24)/b5-3+/t14-,15+,20?/m0/s1. The van der Waals surface area contributed by atoms with Gasteiger partial charge in [-0.1, -0.05) is 23.9 Å². The molecule has 0 radical (unpaired) electrons. The van der Waals surface area contributed by atoms with Crippen molar-refractivity contribution in [1.29, 1.82) is 0 Å². The lowest BCUT2D eigenvalue weighted by atomic mass is 9.90. The normalized spacial score (nSPS) is 22.0. The second kappa shape index (κ2) is 11.1. The number of carbonyl (C=O) groups is 2. The van der Waals surface area contributed by atoms with Gasteiger partial charge in [-0.3, -0.25) is 4.79 Å². The van der Waals surface area contributed by atoms with Crippen LogP contribution in [-0.2, 0) is 9.53 Å². The van der Waals surface area contributed by atoms with Crippen molar-refractivity contribution < 1.29 is 24.5 Å². The minimum Gasteiger partial charge on any atom is -0.476 e. The van der Waals surface area contributed by atoms with Crippen LogP contribution in [0.25, 0.3) is 0 Å². The number of ether oxygens (including phenoxy) is 1. The van der Waals surface area contributed by atoms with Crippen LogP contribution in [0.5, 0.6) is 0 Å². The van der Waals surface area contributed by atoms with Crippen LogP contribution >= 0.6 is 23.1 Å². The molecule has 2 N–H and O–H groups in total. The summed E-state index contributed by atoms with van der Waals surface area (Å²) in [6, 6.07) is 0. The third-order valence-corrected chi connectivity index (χ3v) is 7.07. The van der Waals surface area contributed by atoms with Gasteiger partial charge in [-0.15, -0.1) is 11.3 Å². The van der Waals surface area contributed by atoms with Crippen LogP contribution in [0.15, 0.2) is 21.9 Å². The summed E-state index contributed by atoms with van der Waals surface area (Å²) >= 11 is 2.83. The zero-order valence-electron chi connectivity index (χ0n) is 16.4. The van der Waals surface area contributed by atoms with Gasteiger partial charge < -0.3 is 14.9 Å². The van der Waals surface area contributed by atoms with Crippen molar-refractivity contribution in [2.45, 2.75) is 55.4 Å². The summed E-state index contributed by atoms with van der Waals surface area (Å²) in [7, 11) is 1.66. The second-order valence-electron chi connectivity index (χ2n) is 7.44. The molecule has 8 heteroatoms. The molecule has 1 fully saturated rings. The fraction of sp³-hybridized carbons (Fsp3) is 0.650. The molecule has 1 aromatic heterocycles. The summed E-state index contributed by atoms with van der Waals surface area (Å²) in [5, 5.41) is 20.9. The highest BCUT2D eigenvalue weighted by Crippen LogP contribution is 2.35. The Morgan fingerprint density at radius 3 is 3.00 bits per heavy atom. The highest BCUT2D eigenvalue weighted by Gasteiger charge is 2.32. The molecule has 6 nitrogen and oxygen atoms in total. The predicted molar refractivity (Wildman–Crippen MR) is 111 cm³/mol. The second-order valence-corrected chi connectivity index (χ2v) is 9.64. The average molecular weight is 428 g/mol. The van der Waals surface area contributed by atoms with Crippen LogP contribution in [0, 0.1) is 11.8 Å². The lowest BCUT2D eigenvalue weighted by molar-refractivity contribution is -0.121. The molecule has 3 atom stereocenters. The van der Waals surface area contributed by atoms with Gasteiger partial charge in [-0.05, 0) is 44.9 Å². The lowest BCUT2D eigenvalue weighted by Gasteiger charge is -2.22. The van der Waals surface area contributed by atoms with Gasteiger partial charge in [0.05, 0.1) is 5.60 Å². The molecule has 1 aliphatic rings. The molecule has 1 saturated carbocycles. The van der Waals surface area contributed by atoms with E-state index in [0.29, 0.717) is 31.7 Å². The fourth-order valence-corrected chi connectivity index (χ4v) is 5.32. The molecule has 2 rings (SSSR count). The van der Waals surface area contributed by atoms with Crippen molar-refractivity contribution in [3.63, 3.8) is 0 Å². The molecule has 0 bridgehead atoms. The van der Waals surface area contributed by atoms with Gasteiger partial charge in [0, 0.05) is 37.2 Å². The molecule has 0 aromatic carbocycles. The highest BCUT2D eigenvalue weighted by atomic mass is 32.2. The number of Topliss-reactive ketones (excluding diaryl/α,β-unsaturated/α-hetero) is 1. The monoisotopic (exact) mass is 427 g/mol. The minimum absolute atomic E-state index is 0.00102. The Hall–Kier alpha value is -1.22. The first kappa shape index (κ1) is 23.1. The molecule has 0 saturated heterocycles. The van der Waals surface area contributed by atoms with Gasteiger partial charge in [-0.25, -0.2) is 9.78 Å². The number of methoxy groups -OCH3 is 1. The summed E-state index contributed by atoms with van der Waals surface area (Å²) in [5.74, 6) is 0.238. The Labute approximate surface area is 174 Å². The molecule has 1 aromatic rings. The van der Waals surface area contributed by atoms with Crippen molar-refractivity contribution in [1.82, 2.24) is 4.98 Å². The summed E-state index contributed by atoms with van der Waals surface area (Å²) < 4.78 is 5.75. The van der Waals surface area contributed by atoms with Crippen molar-refractivity contribution in [2.75, 3.05) is 19.5 Å². The molecule has 0 aliphatic heterocycles. The molecule has 1 unspecified atom stereocenters. The number of aromatic nitrogens is 1. The number of thioether (sulfide) groups is 1. The van der Waals surface area contributed by atoms with Crippen LogP contribution in [0.3, 0.4) is 0 Å². The van der Waals surface area contributed by atoms with E-state index in [1.807, 2.05) is 13.0 Å². The molecule has 1 heterocycles.